The molecule has 2 fully saturated rings. The predicted molar refractivity (Wildman–Crippen MR) is 106 cm³/mol. The summed E-state index contributed by atoms with van der Waals surface area (Å²) in [6.45, 7) is 4.73. The number of imidazole rings is 1. The number of fused-ring (bicyclic) bond motifs is 3. The van der Waals surface area contributed by atoms with Gasteiger partial charge in [0.15, 0.2) is 0 Å². The van der Waals surface area contributed by atoms with Crippen molar-refractivity contribution in [2.45, 2.75) is 57.3 Å². The van der Waals surface area contributed by atoms with Crippen LogP contribution < -0.4 is 10.3 Å². The summed E-state index contributed by atoms with van der Waals surface area (Å²) >= 11 is 0. The number of benzene rings is 1. The minimum absolute atomic E-state index is 0.0118. The molecule has 6 nitrogen and oxygen atoms in total. The first kappa shape index (κ1) is 17.5. The molecule has 0 saturated carbocycles. The van der Waals surface area contributed by atoms with Crippen LogP contribution in [-0.4, -0.2) is 33.3 Å². The Morgan fingerprint density at radius 3 is 2.71 bits per heavy atom. The summed E-state index contributed by atoms with van der Waals surface area (Å²) in [5.41, 5.74) is 2.46. The van der Waals surface area contributed by atoms with Gasteiger partial charge < -0.3 is 14.0 Å². The van der Waals surface area contributed by atoms with Crippen LogP contribution in [0.25, 0.3) is 5.52 Å². The topological polar surface area (TPSA) is 57.8 Å². The lowest BCUT2D eigenvalue weighted by atomic mass is 9.75. The number of aromatic nitrogens is 3. The zero-order chi connectivity index (χ0) is 19.5. The second-order valence-corrected chi connectivity index (χ2v) is 8.29. The lowest BCUT2D eigenvalue weighted by Gasteiger charge is -2.30. The third-order valence-electron chi connectivity index (χ3n) is 6.48. The van der Waals surface area contributed by atoms with E-state index in [0.717, 1.165) is 42.1 Å². The van der Waals surface area contributed by atoms with Crippen LogP contribution in [0.3, 0.4) is 0 Å². The Morgan fingerprint density at radius 2 is 2.07 bits per heavy atom. The third kappa shape index (κ3) is 2.51. The van der Waals surface area contributed by atoms with Gasteiger partial charge in [0, 0.05) is 11.9 Å². The fraction of sp³-hybridized carbons (Fsp3) is 0.455. The van der Waals surface area contributed by atoms with Gasteiger partial charge in [0.25, 0.3) is 5.56 Å². The van der Waals surface area contributed by atoms with Gasteiger partial charge in [-0.25, -0.2) is 4.98 Å². The number of aryl methyl sites for hydroxylation is 1. The maximum atomic E-state index is 13.2. The van der Waals surface area contributed by atoms with E-state index in [2.05, 4.69) is 6.92 Å². The van der Waals surface area contributed by atoms with Crippen molar-refractivity contribution in [3.8, 4) is 5.75 Å². The van der Waals surface area contributed by atoms with Crippen molar-refractivity contribution in [1.29, 1.82) is 0 Å². The predicted octanol–water partition coefficient (Wildman–Crippen LogP) is 3.07. The van der Waals surface area contributed by atoms with Crippen molar-refractivity contribution < 1.29 is 9.47 Å². The first-order valence-corrected chi connectivity index (χ1v) is 9.86. The zero-order valence-electron chi connectivity index (χ0n) is 16.5. The Hall–Kier alpha value is -2.60. The maximum Gasteiger partial charge on any atom is 0.276 e. The summed E-state index contributed by atoms with van der Waals surface area (Å²) in [6, 6.07) is 7.82. The molecule has 5 rings (SSSR count). The summed E-state index contributed by atoms with van der Waals surface area (Å²) in [6.07, 6.45) is 7.48. The zero-order valence-corrected chi connectivity index (χ0v) is 16.5. The smallest absolute Gasteiger partial charge is 0.276 e. The molecule has 146 valence electrons. The fourth-order valence-electron chi connectivity index (χ4n) is 4.90. The summed E-state index contributed by atoms with van der Waals surface area (Å²) < 4.78 is 15.1. The van der Waals surface area contributed by atoms with E-state index in [9.17, 15) is 4.79 Å². The molecule has 0 spiro atoms. The van der Waals surface area contributed by atoms with Crippen molar-refractivity contribution in [3.63, 3.8) is 0 Å². The monoisotopic (exact) mass is 379 g/mol. The lowest BCUT2D eigenvalue weighted by molar-refractivity contribution is 0.0859. The molecule has 3 unspecified atom stereocenters. The molecule has 2 aromatic heterocycles. The summed E-state index contributed by atoms with van der Waals surface area (Å²) in [7, 11) is 1.65. The van der Waals surface area contributed by atoms with Gasteiger partial charge in [-0.3, -0.25) is 9.20 Å². The van der Waals surface area contributed by atoms with Gasteiger partial charge in [-0.05, 0) is 50.8 Å². The molecule has 1 aromatic carbocycles. The molecule has 2 aliphatic rings. The molecule has 0 N–H and O–H groups in total. The molecule has 28 heavy (non-hydrogen) atoms. The van der Waals surface area contributed by atoms with E-state index >= 15 is 0 Å². The van der Waals surface area contributed by atoms with Crippen molar-refractivity contribution in [2.24, 2.45) is 0 Å². The Morgan fingerprint density at radius 1 is 1.29 bits per heavy atom. The molecule has 0 amide bonds. The van der Waals surface area contributed by atoms with Crippen molar-refractivity contribution in [2.75, 3.05) is 7.11 Å². The van der Waals surface area contributed by atoms with E-state index in [4.69, 9.17) is 14.5 Å². The summed E-state index contributed by atoms with van der Waals surface area (Å²) in [5.74, 6) is 1.76. The highest BCUT2D eigenvalue weighted by Crippen LogP contribution is 2.48. The molecule has 6 heteroatoms. The van der Waals surface area contributed by atoms with Crippen LogP contribution in [0.5, 0.6) is 5.75 Å². The Balaban J connectivity index is 1.55. The van der Waals surface area contributed by atoms with Crippen LogP contribution in [0.2, 0.25) is 0 Å². The fourth-order valence-corrected chi connectivity index (χ4v) is 4.90. The molecule has 3 atom stereocenters. The van der Waals surface area contributed by atoms with Crippen LogP contribution in [0.1, 0.15) is 43.3 Å². The van der Waals surface area contributed by atoms with Crippen LogP contribution >= 0.6 is 0 Å². The van der Waals surface area contributed by atoms with E-state index in [1.807, 2.05) is 46.4 Å². The van der Waals surface area contributed by atoms with Gasteiger partial charge in [0.2, 0.25) is 0 Å². The number of hydrogen-bond acceptors (Lipinski definition) is 4. The number of ether oxygens (including phenoxy) is 2. The molecule has 2 aliphatic heterocycles. The van der Waals surface area contributed by atoms with E-state index in [0.29, 0.717) is 18.2 Å². The van der Waals surface area contributed by atoms with E-state index in [1.54, 1.807) is 13.3 Å². The van der Waals surface area contributed by atoms with Crippen molar-refractivity contribution >= 4 is 5.52 Å². The Bertz CT molecular complexity index is 1100. The second-order valence-electron chi connectivity index (χ2n) is 8.29. The highest BCUT2D eigenvalue weighted by atomic mass is 16.5. The summed E-state index contributed by atoms with van der Waals surface area (Å²) in [4.78, 5) is 17.9. The molecule has 4 heterocycles. The molecular weight excluding hydrogens is 354 g/mol. The van der Waals surface area contributed by atoms with E-state index in [-0.39, 0.29) is 17.1 Å². The van der Waals surface area contributed by atoms with Crippen molar-refractivity contribution in [1.82, 2.24) is 14.0 Å². The number of methoxy groups -OCH3 is 1. The number of hydrogen-bond donors (Lipinski definition) is 0. The quantitative estimate of drug-likeness (QED) is 0.699. The molecule has 3 aromatic rings. The summed E-state index contributed by atoms with van der Waals surface area (Å²) in [5, 5.41) is 0. The molecule has 2 bridgehead atoms. The average molecular weight is 379 g/mol. The van der Waals surface area contributed by atoms with E-state index < -0.39 is 0 Å². The maximum absolute atomic E-state index is 13.2. The van der Waals surface area contributed by atoms with Gasteiger partial charge in [0.05, 0.1) is 37.5 Å². The largest absolute Gasteiger partial charge is 0.497 e. The lowest BCUT2D eigenvalue weighted by Crippen LogP contribution is -2.36. The van der Waals surface area contributed by atoms with Gasteiger partial charge in [0.1, 0.15) is 17.1 Å². The SMILES string of the molecule is COc1ccc(Cn2c(C)cn3c(C4(C)CC5CCC4O5)ncc3c2=O)cc1. The first-order chi connectivity index (χ1) is 13.5. The van der Waals surface area contributed by atoms with Crippen LogP contribution in [0, 0.1) is 6.92 Å². The van der Waals surface area contributed by atoms with E-state index in [1.165, 1.54) is 0 Å². The number of rotatable bonds is 4. The Kier molecular flexibility index (Phi) is 3.88. The number of nitrogens with zero attached hydrogens (tertiary/aromatic N) is 3. The standard InChI is InChI=1S/C22H25N3O3/c1-14-12-25-18(11-23-21(25)22(2)10-17-8-9-19(22)28-17)20(26)24(14)13-15-4-6-16(27-3)7-5-15/h4-7,11-12,17,19H,8-10,13H2,1-3H3. The van der Waals surface area contributed by atoms with Crippen LogP contribution in [0.4, 0.5) is 0 Å². The molecule has 0 aliphatic carbocycles. The van der Waals surface area contributed by atoms with Gasteiger partial charge in [-0.15, -0.1) is 0 Å². The van der Waals surface area contributed by atoms with Gasteiger partial charge in [-0.1, -0.05) is 12.1 Å². The Labute approximate surface area is 163 Å². The minimum atomic E-state index is -0.129. The second kappa shape index (κ2) is 6.21. The van der Waals surface area contributed by atoms with Crippen LogP contribution in [0.15, 0.2) is 41.5 Å². The molecular formula is C22H25N3O3. The average Bonchev–Trinajstić information content (AvgIpc) is 3.40. The van der Waals surface area contributed by atoms with Gasteiger partial charge >= 0.3 is 0 Å². The first-order valence-electron chi connectivity index (χ1n) is 9.86. The van der Waals surface area contributed by atoms with Crippen LogP contribution in [-0.2, 0) is 16.7 Å². The highest BCUT2D eigenvalue weighted by Gasteiger charge is 2.52. The highest BCUT2D eigenvalue weighted by molar-refractivity contribution is 5.46. The normalized spacial score (nSPS) is 26.2. The molecule has 2 saturated heterocycles. The third-order valence-corrected chi connectivity index (χ3v) is 6.48. The van der Waals surface area contributed by atoms with Crippen molar-refractivity contribution in [3.05, 3.63) is 64.1 Å². The molecule has 0 radical (unpaired) electrons. The van der Waals surface area contributed by atoms with Gasteiger partial charge in [-0.2, -0.15) is 0 Å². The minimum Gasteiger partial charge on any atom is -0.497 e.